The molecule has 0 aliphatic rings. The Kier molecular flexibility index (Phi) is 2.61. The summed E-state index contributed by atoms with van der Waals surface area (Å²) in [6.07, 6.45) is 3.63. The van der Waals surface area contributed by atoms with Crippen LogP contribution in [0.1, 0.15) is 12.5 Å². The summed E-state index contributed by atoms with van der Waals surface area (Å²) >= 11 is 0. The van der Waals surface area contributed by atoms with Crippen molar-refractivity contribution in [1.29, 1.82) is 0 Å². The Bertz CT molecular complexity index is 259. The minimum Gasteiger partial charge on any atom is -0.285 e. The Morgan fingerprint density at radius 3 is 2.45 bits per heavy atom. The van der Waals surface area contributed by atoms with Crippen molar-refractivity contribution in [3.05, 3.63) is 42.0 Å². The predicted octanol–water partition coefficient (Wildman–Crippen LogP) is 2.20. The summed E-state index contributed by atoms with van der Waals surface area (Å²) in [5.41, 5.74) is 1.54. The van der Waals surface area contributed by atoms with Crippen molar-refractivity contribution in [2.75, 3.05) is 0 Å². The van der Waals surface area contributed by atoms with E-state index in [0.717, 1.165) is 5.56 Å². The highest BCUT2D eigenvalue weighted by Gasteiger charge is 1.96. The van der Waals surface area contributed by atoms with Gasteiger partial charge < -0.3 is 0 Å². The molecule has 0 N–H and O–H groups in total. The van der Waals surface area contributed by atoms with E-state index in [-0.39, 0.29) is 0 Å². The smallest absolute Gasteiger partial charge is 0.233 e. The predicted molar refractivity (Wildman–Crippen MR) is 45.8 cm³/mol. The summed E-state index contributed by atoms with van der Waals surface area (Å²) in [7, 11) is 0. The van der Waals surface area contributed by atoms with Gasteiger partial charge in [0.05, 0.1) is 0 Å². The molecule has 0 amide bonds. The van der Waals surface area contributed by atoms with Crippen LogP contribution < -0.4 is 0 Å². The molecule has 0 unspecified atom stereocenters. The van der Waals surface area contributed by atoms with Crippen LogP contribution in [0, 0.1) is 0 Å². The molecule has 0 saturated carbocycles. The van der Waals surface area contributed by atoms with Gasteiger partial charge in [-0.2, -0.15) is 0 Å². The summed E-state index contributed by atoms with van der Waals surface area (Å²) in [5, 5.41) is 0. The molecule has 55 valence electrons. The van der Waals surface area contributed by atoms with Crippen LogP contribution in [0.4, 0.5) is 0 Å². The van der Waals surface area contributed by atoms with Gasteiger partial charge in [0, 0.05) is 5.57 Å². The molecule has 1 heteroatoms. The van der Waals surface area contributed by atoms with E-state index in [1.54, 1.807) is 6.08 Å². The summed E-state index contributed by atoms with van der Waals surface area (Å²) in [6.45, 7) is 1.83. The first kappa shape index (κ1) is 7.73. The molecule has 0 aromatic heterocycles. The summed E-state index contributed by atoms with van der Waals surface area (Å²) in [4.78, 5) is 10.3. The molecule has 1 radical (unpaired) electrons. The molecule has 0 heterocycles. The lowest BCUT2D eigenvalue weighted by molar-refractivity contribution is 0.565. The average Bonchev–Trinajstić information content (AvgIpc) is 2.09. The number of allylic oxidation sites excluding steroid dienone is 2. The van der Waals surface area contributed by atoms with Gasteiger partial charge >= 0.3 is 0 Å². The SMILES string of the molecule is C/C=C(\[C]=O)c1ccccc1. The van der Waals surface area contributed by atoms with Crippen LogP contribution in [0.2, 0.25) is 0 Å². The molecular weight excluding hydrogens is 136 g/mol. The molecular formula is C10H9O. The number of hydrogen-bond acceptors (Lipinski definition) is 1. The Labute approximate surface area is 66.4 Å². The van der Waals surface area contributed by atoms with Crippen LogP contribution in [-0.4, -0.2) is 6.29 Å². The fraction of sp³-hybridized carbons (Fsp3) is 0.100. The van der Waals surface area contributed by atoms with Crippen molar-refractivity contribution in [1.82, 2.24) is 0 Å². The second-order valence-electron chi connectivity index (χ2n) is 2.17. The molecule has 0 fully saturated rings. The minimum absolute atomic E-state index is 0.616. The summed E-state index contributed by atoms with van der Waals surface area (Å²) < 4.78 is 0. The molecule has 11 heavy (non-hydrogen) atoms. The van der Waals surface area contributed by atoms with Gasteiger partial charge in [-0.3, -0.25) is 4.79 Å². The number of carbonyl (C=O) groups excluding carboxylic acids is 1. The first-order chi connectivity index (χ1) is 5.38. The number of benzene rings is 1. The monoisotopic (exact) mass is 145 g/mol. The van der Waals surface area contributed by atoms with E-state index in [4.69, 9.17) is 0 Å². The van der Waals surface area contributed by atoms with E-state index in [9.17, 15) is 4.79 Å². The third-order valence-corrected chi connectivity index (χ3v) is 1.48. The molecule has 0 atom stereocenters. The van der Waals surface area contributed by atoms with Crippen molar-refractivity contribution in [3.63, 3.8) is 0 Å². The average molecular weight is 145 g/mol. The second kappa shape index (κ2) is 3.71. The van der Waals surface area contributed by atoms with Crippen molar-refractivity contribution in [2.24, 2.45) is 0 Å². The van der Waals surface area contributed by atoms with Gasteiger partial charge in [-0.25, -0.2) is 0 Å². The van der Waals surface area contributed by atoms with Gasteiger partial charge in [-0.1, -0.05) is 36.4 Å². The van der Waals surface area contributed by atoms with Gasteiger partial charge in [0.2, 0.25) is 6.29 Å². The van der Waals surface area contributed by atoms with E-state index >= 15 is 0 Å². The maximum atomic E-state index is 10.3. The van der Waals surface area contributed by atoms with Crippen molar-refractivity contribution in [2.45, 2.75) is 6.92 Å². The third kappa shape index (κ3) is 1.77. The fourth-order valence-corrected chi connectivity index (χ4v) is 0.902. The van der Waals surface area contributed by atoms with Crippen molar-refractivity contribution < 1.29 is 4.79 Å². The van der Waals surface area contributed by atoms with Gasteiger partial charge in [0.15, 0.2) is 0 Å². The molecule has 1 rings (SSSR count). The Morgan fingerprint density at radius 1 is 1.36 bits per heavy atom. The maximum Gasteiger partial charge on any atom is 0.233 e. The first-order valence-electron chi connectivity index (χ1n) is 3.48. The van der Waals surface area contributed by atoms with Crippen LogP contribution in [0.15, 0.2) is 36.4 Å². The van der Waals surface area contributed by atoms with Gasteiger partial charge in [0.1, 0.15) is 0 Å². The molecule has 1 aromatic carbocycles. The summed E-state index contributed by atoms with van der Waals surface area (Å²) in [5.74, 6) is 0. The molecule has 1 aromatic rings. The lowest BCUT2D eigenvalue weighted by Gasteiger charge is -1.95. The van der Waals surface area contributed by atoms with Crippen LogP contribution in [0.3, 0.4) is 0 Å². The third-order valence-electron chi connectivity index (χ3n) is 1.48. The van der Waals surface area contributed by atoms with Crippen LogP contribution in [-0.2, 0) is 4.79 Å². The minimum atomic E-state index is 0.616. The van der Waals surface area contributed by atoms with Crippen LogP contribution in [0.25, 0.3) is 5.57 Å². The molecule has 0 spiro atoms. The molecule has 1 nitrogen and oxygen atoms in total. The highest BCUT2D eigenvalue weighted by atomic mass is 16.1. The van der Waals surface area contributed by atoms with Crippen LogP contribution >= 0.6 is 0 Å². The standard InChI is InChI=1S/C10H9O/c1-2-9(8-11)10-6-4-3-5-7-10/h2-7H,1H3/b9-2+. The topological polar surface area (TPSA) is 17.1 Å². The lowest BCUT2D eigenvalue weighted by atomic mass is 10.1. The largest absolute Gasteiger partial charge is 0.285 e. The number of hydrogen-bond donors (Lipinski definition) is 0. The zero-order chi connectivity index (χ0) is 8.10. The molecule has 0 aliphatic heterocycles. The lowest BCUT2D eigenvalue weighted by Crippen LogP contribution is -1.82. The zero-order valence-corrected chi connectivity index (χ0v) is 6.37. The van der Waals surface area contributed by atoms with E-state index in [2.05, 4.69) is 0 Å². The molecule has 0 saturated heterocycles. The fourth-order valence-electron chi connectivity index (χ4n) is 0.902. The number of rotatable bonds is 2. The van der Waals surface area contributed by atoms with Crippen molar-refractivity contribution >= 4 is 11.9 Å². The maximum absolute atomic E-state index is 10.3. The normalized spacial score (nSPS) is 11.2. The van der Waals surface area contributed by atoms with Gasteiger partial charge in [-0.15, -0.1) is 0 Å². The van der Waals surface area contributed by atoms with E-state index in [1.807, 2.05) is 43.5 Å². The quantitative estimate of drug-likeness (QED) is 0.583. The Morgan fingerprint density at radius 2 is 2.00 bits per heavy atom. The molecule has 0 aliphatic carbocycles. The highest BCUT2D eigenvalue weighted by Crippen LogP contribution is 2.09. The zero-order valence-electron chi connectivity index (χ0n) is 6.37. The van der Waals surface area contributed by atoms with Gasteiger partial charge in [-0.05, 0) is 12.5 Å². The van der Waals surface area contributed by atoms with Gasteiger partial charge in [0.25, 0.3) is 0 Å². The Hall–Kier alpha value is -1.37. The van der Waals surface area contributed by atoms with E-state index in [1.165, 1.54) is 0 Å². The van der Waals surface area contributed by atoms with Crippen LogP contribution in [0.5, 0.6) is 0 Å². The summed E-state index contributed by atoms with van der Waals surface area (Å²) in [6, 6.07) is 9.49. The first-order valence-corrected chi connectivity index (χ1v) is 3.48. The van der Waals surface area contributed by atoms with E-state index < -0.39 is 0 Å². The molecule has 0 bridgehead atoms. The second-order valence-corrected chi connectivity index (χ2v) is 2.17. The van der Waals surface area contributed by atoms with Crippen molar-refractivity contribution in [3.8, 4) is 0 Å². The highest BCUT2D eigenvalue weighted by molar-refractivity contribution is 6.07. The Balaban J connectivity index is 3.01. The van der Waals surface area contributed by atoms with E-state index in [0.29, 0.717) is 5.57 Å².